The Morgan fingerprint density at radius 2 is 0.841 bits per heavy atom. The van der Waals surface area contributed by atoms with Gasteiger partial charge in [-0.3, -0.25) is 0 Å². The van der Waals surface area contributed by atoms with Crippen molar-refractivity contribution in [1.82, 2.24) is 9.13 Å². The van der Waals surface area contributed by atoms with Gasteiger partial charge in [-0.25, -0.2) is 0 Å². The fourth-order valence-corrected chi connectivity index (χ4v) is 6.45. The molecule has 5 aromatic carbocycles. The highest BCUT2D eigenvalue weighted by atomic mass is 16.3. The van der Waals surface area contributed by atoms with E-state index in [1.54, 1.807) is 0 Å². The molecular weight excluding hydrogens is 536 g/mol. The second-order valence-corrected chi connectivity index (χ2v) is 11.3. The first-order valence-corrected chi connectivity index (χ1v) is 15.0. The van der Waals surface area contributed by atoms with Gasteiger partial charge in [-0.15, -0.1) is 0 Å². The van der Waals surface area contributed by atoms with Gasteiger partial charge in [-0.2, -0.15) is 0 Å². The number of para-hydroxylation sites is 2. The number of aromatic nitrogens is 2. The maximum Gasteiger partial charge on any atom is 0.127 e. The zero-order valence-electron chi connectivity index (χ0n) is 24.9. The topological polar surface area (TPSA) is 30.1 Å². The minimum atomic E-state index is -1.36. The molecule has 2 heterocycles. The standard InChI is InChI=1S/C41H34N2O/c1-42-37-24-14-12-22-33(37)35(39(42)30-16-6-3-7-17-30)26-28-41(44,32-20-10-5-11-21-32)29-27-36-34-23-13-15-25-38(34)43(2)40(36)31-18-8-4-9-19-31/h3-29,44H,1-2H3/b28-26+,29-27+. The molecule has 0 unspecified atom stereocenters. The molecule has 0 aliphatic carbocycles. The summed E-state index contributed by atoms with van der Waals surface area (Å²) in [6.07, 6.45) is 8.03. The summed E-state index contributed by atoms with van der Waals surface area (Å²) >= 11 is 0. The highest BCUT2D eigenvalue weighted by Crippen LogP contribution is 2.38. The smallest absolute Gasteiger partial charge is 0.127 e. The number of rotatable bonds is 7. The molecule has 7 rings (SSSR count). The highest BCUT2D eigenvalue weighted by molar-refractivity contribution is 5.99. The summed E-state index contributed by atoms with van der Waals surface area (Å²) in [5.74, 6) is 0. The lowest BCUT2D eigenvalue weighted by Gasteiger charge is -2.22. The van der Waals surface area contributed by atoms with Gasteiger partial charge in [0.25, 0.3) is 0 Å². The lowest BCUT2D eigenvalue weighted by molar-refractivity contribution is 0.145. The van der Waals surface area contributed by atoms with Crippen LogP contribution in [0, 0.1) is 0 Å². The van der Waals surface area contributed by atoms with E-state index in [2.05, 4.69) is 132 Å². The zero-order valence-corrected chi connectivity index (χ0v) is 24.9. The summed E-state index contributed by atoms with van der Waals surface area (Å²) in [4.78, 5) is 0. The predicted molar refractivity (Wildman–Crippen MR) is 185 cm³/mol. The molecule has 0 saturated carbocycles. The van der Waals surface area contributed by atoms with Crippen molar-refractivity contribution in [2.75, 3.05) is 0 Å². The number of hydrogen-bond donors (Lipinski definition) is 1. The Morgan fingerprint density at radius 1 is 0.477 bits per heavy atom. The van der Waals surface area contributed by atoms with Gasteiger partial charge in [-0.05, 0) is 41.0 Å². The van der Waals surface area contributed by atoms with Gasteiger partial charge in [0.05, 0.1) is 11.4 Å². The Bertz CT molecular complexity index is 2000. The first kappa shape index (κ1) is 27.5. The average molecular weight is 571 g/mol. The van der Waals surface area contributed by atoms with Gasteiger partial charge in [-0.1, -0.05) is 140 Å². The van der Waals surface area contributed by atoms with E-state index in [1.165, 1.54) is 0 Å². The van der Waals surface area contributed by atoms with E-state index in [-0.39, 0.29) is 0 Å². The third kappa shape index (κ3) is 4.78. The quantitative estimate of drug-likeness (QED) is 0.203. The van der Waals surface area contributed by atoms with Crippen LogP contribution in [0.4, 0.5) is 0 Å². The Hall–Kier alpha value is -5.38. The summed E-state index contributed by atoms with van der Waals surface area (Å²) < 4.78 is 4.48. The van der Waals surface area contributed by atoms with Crippen LogP contribution in [0.2, 0.25) is 0 Å². The molecule has 2 aromatic heterocycles. The van der Waals surface area contributed by atoms with Crippen molar-refractivity contribution in [3.63, 3.8) is 0 Å². The molecule has 0 atom stereocenters. The number of benzene rings is 5. The second-order valence-electron chi connectivity index (χ2n) is 11.3. The molecular formula is C41H34N2O. The van der Waals surface area contributed by atoms with Crippen LogP contribution in [0.1, 0.15) is 16.7 Å². The molecule has 0 bridgehead atoms. The largest absolute Gasteiger partial charge is 0.377 e. The molecule has 44 heavy (non-hydrogen) atoms. The van der Waals surface area contributed by atoms with Crippen LogP contribution < -0.4 is 0 Å². The molecule has 3 heteroatoms. The molecule has 0 radical (unpaired) electrons. The van der Waals surface area contributed by atoms with Crippen LogP contribution in [-0.2, 0) is 19.7 Å². The van der Waals surface area contributed by atoms with E-state index in [0.717, 1.165) is 61.0 Å². The van der Waals surface area contributed by atoms with E-state index >= 15 is 0 Å². The molecule has 7 aromatic rings. The molecule has 0 fully saturated rings. The van der Waals surface area contributed by atoms with Gasteiger partial charge < -0.3 is 14.2 Å². The molecule has 1 N–H and O–H groups in total. The fraction of sp³-hybridized carbons (Fsp3) is 0.0732. The van der Waals surface area contributed by atoms with Gasteiger partial charge in [0.2, 0.25) is 0 Å². The molecule has 0 saturated heterocycles. The van der Waals surface area contributed by atoms with Crippen LogP contribution in [-0.4, -0.2) is 14.2 Å². The number of aliphatic hydroxyl groups is 1. The van der Waals surface area contributed by atoms with Crippen molar-refractivity contribution in [2.45, 2.75) is 5.60 Å². The van der Waals surface area contributed by atoms with E-state index in [1.807, 2.05) is 54.6 Å². The maximum atomic E-state index is 12.5. The van der Waals surface area contributed by atoms with Crippen molar-refractivity contribution < 1.29 is 5.11 Å². The number of fused-ring (bicyclic) bond motifs is 2. The van der Waals surface area contributed by atoms with E-state index in [0.29, 0.717) is 0 Å². The summed E-state index contributed by atoms with van der Waals surface area (Å²) in [6.45, 7) is 0. The van der Waals surface area contributed by atoms with Crippen molar-refractivity contribution >= 4 is 34.0 Å². The van der Waals surface area contributed by atoms with Crippen LogP contribution in [0.3, 0.4) is 0 Å². The minimum Gasteiger partial charge on any atom is -0.377 e. The van der Waals surface area contributed by atoms with E-state index in [9.17, 15) is 5.11 Å². The third-order valence-corrected chi connectivity index (χ3v) is 8.63. The molecule has 0 amide bonds. The average Bonchev–Trinajstić information content (AvgIpc) is 3.54. The first-order chi connectivity index (χ1) is 21.5. The first-order valence-electron chi connectivity index (χ1n) is 15.0. The predicted octanol–water partition coefficient (Wildman–Crippen LogP) is 9.62. The molecule has 214 valence electrons. The summed E-state index contributed by atoms with van der Waals surface area (Å²) in [5.41, 5.74) is 8.37. The third-order valence-electron chi connectivity index (χ3n) is 8.63. The fourth-order valence-electron chi connectivity index (χ4n) is 6.45. The highest BCUT2D eigenvalue weighted by Gasteiger charge is 2.25. The van der Waals surface area contributed by atoms with Gasteiger partial charge >= 0.3 is 0 Å². The zero-order chi connectivity index (χ0) is 30.1. The lowest BCUT2D eigenvalue weighted by Crippen LogP contribution is -2.19. The molecule has 3 nitrogen and oxygen atoms in total. The van der Waals surface area contributed by atoms with Crippen molar-refractivity contribution in [2.24, 2.45) is 14.1 Å². The monoisotopic (exact) mass is 570 g/mol. The van der Waals surface area contributed by atoms with E-state index in [4.69, 9.17) is 0 Å². The van der Waals surface area contributed by atoms with Crippen molar-refractivity contribution in [3.8, 4) is 22.5 Å². The number of hydrogen-bond acceptors (Lipinski definition) is 1. The Kier molecular flexibility index (Phi) is 7.09. The normalized spacial score (nSPS) is 12.2. The summed E-state index contributed by atoms with van der Waals surface area (Å²) in [7, 11) is 4.22. The van der Waals surface area contributed by atoms with Gasteiger partial charge in [0.1, 0.15) is 5.60 Å². The Morgan fingerprint density at radius 3 is 1.27 bits per heavy atom. The van der Waals surface area contributed by atoms with Crippen LogP contribution >= 0.6 is 0 Å². The van der Waals surface area contributed by atoms with Crippen LogP contribution in [0.25, 0.3) is 56.5 Å². The Labute approximate surface area is 258 Å². The van der Waals surface area contributed by atoms with Gasteiger partial charge in [0, 0.05) is 47.0 Å². The van der Waals surface area contributed by atoms with Crippen LogP contribution in [0.15, 0.2) is 152 Å². The molecule has 0 aliphatic heterocycles. The molecule has 0 aliphatic rings. The maximum absolute atomic E-state index is 12.5. The van der Waals surface area contributed by atoms with E-state index < -0.39 is 5.60 Å². The Balaban J connectivity index is 1.41. The SMILES string of the molecule is Cn1c(-c2ccccc2)c(/C=C/C(O)(/C=C/c2c(-c3ccccc3)n(C)c3ccccc23)c2ccccc2)c2ccccc21. The summed E-state index contributed by atoms with van der Waals surface area (Å²) in [6, 6.07) is 47.7. The molecule has 0 spiro atoms. The van der Waals surface area contributed by atoms with Crippen molar-refractivity contribution in [3.05, 3.63) is 168 Å². The second kappa shape index (κ2) is 11.4. The van der Waals surface area contributed by atoms with Crippen molar-refractivity contribution in [1.29, 1.82) is 0 Å². The van der Waals surface area contributed by atoms with Crippen LogP contribution in [0.5, 0.6) is 0 Å². The minimum absolute atomic E-state index is 0.801. The van der Waals surface area contributed by atoms with Gasteiger partial charge in [0.15, 0.2) is 0 Å². The summed E-state index contributed by atoms with van der Waals surface area (Å²) in [5, 5.41) is 14.8. The number of nitrogens with zero attached hydrogens (tertiary/aromatic N) is 2. The lowest BCUT2D eigenvalue weighted by atomic mass is 9.90. The number of aryl methyl sites for hydroxylation is 2.